The van der Waals surface area contributed by atoms with E-state index in [1.807, 2.05) is 24.3 Å². The second kappa shape index (κ2) is 7.19. The lowest BCUT2D eigenvalue weighted by molar-refractivity contribution is 0.164. The van der Waals surface area contributed by atoms with Gasteiger partial charge in [-0.2, -0.15) is 0 Å². The number of aromatic nitrogens is 3. The van der Waals surface area contributed by atoms with Gasteiger partial charge in [0.05, 0.1) is 16.7 Å². The van der Waals surface area contributed by atoms with Crippen molar-refractivity contribution in [3.63, 3.8) is 0 Å². The molecular formula is C16H13Cl3N4O3. The number of nitrogens with one attached hydrogen (secondary N) is 1. The Hall–Kier alpha value is -2.22. The van der Waals surface area contributed by atoms with Gasteiger partial charge in [-0.3, -0.25) is 14.5 Å². The van der Waals surface area contributed by atoms with E-state index in [-0.39, 0.29) is 11.5 Å². The Morgan fingerprint density at radius 3 is 2.62 bits per heavy atom. The Morgan fingerprint density at radius 2 is 1.92 bits per heavy atom. The monoisotopic (exact) mass is 414 g/mol. The second-order valence-electron chi connectivity index (χ2n) is 5.38. The molecule has 1 N–H and O–H groups in total. The van der Waals surface area contributed by atoms with Crippen molar-refractivity contribution in [3.05, 3.63) is 53.1 Å². The van der Waals surface area contributed by atoms with Gasteiger partial charge in [0.1, 0.15) is 12.4 Å². The maximum atomic E-state index is 12.6. The van der Waals surface area contributed by atoms with Crippen molar-refractivity contribution in [2.45, 2.75) is 3.79 Å². The Labute approximate surface area is 163 Å². The topological polar surface area (TPSA) is 78.2 Å². The molecular weight excluding hydrogens is 403 g/mol. The maximum Gasteiger partial charge on any atom is 0.412 e. The van der Waals surface area contributed by atoms with Crippen LogP contribution in [0.25, 0.3) is 16.7 Å². The van der Waals surface area contributed by atoms with E-state index in [9.17, 15) is 9.59 Å². The SMILES string of the molecule is Cn1c(=O)n(-c2ccnc(NC(=O)OCC(Cl)(Cl)Cl)c2)c2ccccc21. The zero-order valence-electron chi connectivity index (χ0n) is 13.4. The summed E-state index contributed by atoms with van der Waals surface area (Å²) in [7, 11) is 1.69. The number of amides is 1. The Bertz CT molecular complexity index is 1020. The van der Waals surface area contributed by atoms with Crippen LogP contribution >= 0.6 is 34.8 Å². The molecule has 0 saturated heterocycles. The number of carbonyl (C=O) groups is 1. The summed E-state index contributed by atoms with van der Waals surface area (Å²) in [5.41, 5.74) is 1.84. The van der Waals surface area contributed by atoms with Crippen molar-refractivity contribution in [2.24, 2.45) is 7.05 Å². The van der Waals surface area contributed by atoms with Crippen LogP contribution in [-0.4, -0.2) is 30.6 Å². The number of halogens is 3. The van der Waals surface area contributed by atoms with Gasteiger partial charge in [0.2, 0.25) is 3.79 Å². The molecule has 0 atom stereocenters. The molecule has 0 aliphatic heterocycles. The van der Waals surface area contributed by atoms with Gasteiger partial charge in [0.25, 0.3) is 0 Å². The highest BCUT2D eigenvalue weighted by Crippen LogP contribution is 2.26. The highest BCUT2D eigenvalue weighted by molar-refractivity contribution is 6.67. The van der Waals surface area contributed by atoms with Crippen LogP contribution in [0.5, 0.6) is 0 Å². The third-order valence-corrected chi connectivity index (χ3v) is 3.89. The molecule has 2 aromatic heterocycles. The molecule has 0 saturated carbocycles. The maximum absolute atomic E-state index is 12.6. The first-order chi connectivity index (χ1) is 12.3. The lowest BCUT2D eigenvalue weighted by Crippen LogP contribution is -2.22. The molecule has 0 radical (unpaired) electrons. The molecule has 1 amide bonds. The Kier molecular flexibility index (Phi) is 5.13. The zero-order valence-corrected chi connectivity index (χ0v) is 15.7. The first-order valence-electron chi connectivity index (χ1n) is 7.40. The lowest BCUT2D eigenvalue weighted by Gasteiger charge is -2.12. The van der Waals surface area contributed by atoms with Crippen molar-refractivity contribution in [1.29, 1.82) is 0 Å². The molecule has 3 aromatic rings. The highest BCUT2D eigenvalue weighted by atomic mass is 35.6. The minimum absolute atomic E-state index is 0.191. The van der Waals surface area contributed by atoms with Crippen molar-refractivity contribution < 1.29 is 9.53 Å². The van der Waals surface area contributed by atoms with E-state index in [4.69, 9.17) is 39.5 Å². The van der Waals surface area contributed by atoms with Crippen LogP contribution in [0.4, 0.5) is 10.6 Å². The smallest absolute Gasteiger partial charge is 0.412 e. The Balaban J connectivity index is 1.90. The van der Waals surface area contributed by atoms with E-state index in [0.29, 0.717) is 5.69 Å². The largest absolute Gasteiger partial charge is 0.445 e. The van der Waals surface area contributed by atoms with Crippen LogP contribution < -0.4 is 11.0 Å². The number of carbonyl (C=O) groups excluding carboxylic acids is 1. The van der Waals surface area contributed by atoms with E-state index in [2.05, 4.69) is 10.3 Å². The summed E-state index contributed by atoms with van der Waals surface area (Å²) >= 11 is 16.6. The third kappa shape index (κ3) is 3.95. The number of nitrogens with zero attached hydrogens (tertiary/aromatic N) is 3. The van der Waals surface area contributed by atoms with Crippen LogP contribution in [0, 0.1) is 0 Å². The molecule has 10 heteroatoms. The number of ether oxygens (including phenoxy) is 1. The van der Waals surface area contributed by atoms with Crippen LogP contribution in [0.2, 0.25) is 0 Å². The minimum Gasteiger partial charge on any atom is -0.445 e. The van der Waals surface area contributed by atoms with E-state index in [1.54, 1.807) is 19.2 Å². The van der Waals surface area contributed by atoms with Crippen LogP contribution in [-0.2, 0) is 11.8 Å². The number of para-hydroxylation sites is 2. The molecule has 7 nitrogen and oxygen atoms in total. The second-order valence-corrected chi connectivity index (χ2v) is 7.90. The van der Waals surface area contributed by atoms with Crippen LogP contribution in [0.1, 0.15) is 0 Å². The van der Waals surface area contributed by atoms with Crippen LogP contribution in [0.15, 0.2) is 47.4 Å². The first-order valence-corrected chi connectivity index (χ1v) is 8.53. The predicted molar refractivity (Wildman–Crippen MR) is 102 cm³/mol. The summed E-state index contributed by atoms with van der Waals surface area (Å²) in [6, 6.07) is 10.6. The molecule has 1 aromatic carbocycles. The number of anilines is 1. The van der Waals surface area contributed by atoms with E-state index >= 15 is 0 Å². The van der Waals surface area contributed by atoms with Gasteiger partial charge in [0, 0.05) is 19.3 Å². The van der Waals surface area contributed by atoms with E-state index < -0.39 is 16.5 Å². The molecule has 0 aliphatic rings. The minimum atomic E-state index is -1.71. The Morgan fingerprint density at radius 1 is 1.23 bits per heavy atom. The third-order valence-electron chi connectivity index (χ3n) is 3.56. The summed E-state index contributed by atoms with van der Waals surface area (Å²) in [6.45, 7) is -0.411. The van der Waals surface area contributed by atoms with Crippen LogP contribution in [0.3, 0.4) is 0 Å². The molecule has 0 spiro atoms. The average molecular weight is 416 g/mol. The first kappa shape index (κ1) is 18.6. The fourth-order valence-corrected chi connectivity index (χ4v) is 2.62. The summed E-state index contributed by atoms with van der Waals surface area (Å²) in [5, 5.41) is 2.43. The molecule has 0 fully saturated rings. The van der Waals surface area contributed by atoms with Crippen molar-refractivity contribution >= 4 is 57.7 Å². The normalized spacial score (nSPS) is 11.5. The number of fused-ring (bicyclic) bond motifs is 1. The van der Waals surface area contributed by atoms with Gasteiger partial charge in [0.15, 0.2) is 0 Å². The number of hydrogen-bond acceptors (Lipinski definition) is 4. The standard InChI is InChI=1S/C16H13Cl3N4O3/c1-22-11-4-2-3-5-12(11)23(15(22)25)10-6-7-20-13(8-10)21-14(24)26-9-16(17,18)19/h2-8H,9H2,1H3,(H,20,21,24). The van der Waals surface area contributed by atoms with Gasteiger partial charge in [-0.1, -0.05) is 46.9 Å². The molecule has 2 heterocycles. The van der Waals surface area contributed by atoms with Gasteiger partial charge >= 0.3 is 11.8 Å². The molecule has 0 unspecified atom stereocenters. The summed E-state index contributed by atoms with van der Waals surface area (Å²) in [5.74, 6) is 0.191. The summed E-state index contributed by atoms with van der Waals surface area (Å²) in [4.78, 5) is 28.4. The number of pyridine rings is 1. The van der Waals surface area contributed by atoms with Crippen molar-refractivity contribution in [1.82, 2.24) is 14.1 Å². The van der Waals surface area contributed by atoms with Gasteiger partial charge in [-0.25, -0.2) is 14.6 Å². The lowest BCUT2D eigenvalue weighted by atomic mass is 10.3. The predicted octanol–water partition coefficient (Wildman–Crippen LogP) is 3.64. The number of alkyl halides is 3. The molecule has 0 aliphatic carbocycles. The number of rotatable bonds is 3. The van der Waals surface area contributed by atoms with Crippen molar-refractivity contribution in [2.75, 3.05) is 11.9 Å². The average Bonchev–Trinajstić information content (AvgIpc) is 2.84. The number of benzene rings is 1. The van der Waals surface area contributed by atoms with Gasteiger partial charge in [-0.05, 0) is 18.2 Å². The molecule has 0 bridgehead atoms. The molecule has 26 heavy (non-hydrogen) atoms. The fourth-order valence-electron chi connectivity index (χ4n) is 2.46. The van der Waals surface area contributed by atoms with E-state index in [1.165, 1.54) is 15.3 Å². The van der Waals surface area contributed by atoms with Gasteiger partial charge in [-0.15, -0.1) is 0 Å². The van der Waals surface area contributed by atoms with Gasteiger partial charge < -0.3 is 4.74 Å². The summed E-state index contributed by atoms with van der Waals surface area (Å²) in [6.07, 6.45) is 0.639. The van der Waals surface area contributed by atoms with E-state index in [0.717, 1.165) is 11.0 Å². The molecule has 136 valence electrons. The number of hydrogen-bond donors (Lipinski definition) is 1. The van der Waals surface area contributed by atoms with Crippen molar-refractivity contribution in [3.8, 4) is 5.69 Å². The summed E-state index contributed by atoms with van der Waals surface area (Å²) < 4.78 is 6.15. The number of imidazole rings is 1. The fraction of sp³-hybridized carbons (Fsp3) is 0.188. The zero-order chi connectivity index (χ0) is 18.9. The molecule has 3 rings (SSSR count). The number of aryl methyl sites for hydroxylation is 1. The highest BCUT2D eigenvalue weighted by Gasteiger charge is 2.22. The quantitative estimate of drug-likeness (QED) is 0.662.